The minimum absolute atomic E-state index is 0.0767. The number of nitrogens with zero attached hydrogens (tertiary/aromatic N) is 1. The number of fused-ring (bicyclic) bond motifs is 1. The molecule has 2 rings (SSSR count). The van der Waals surface area contributed by atoms with Crippen molar-refractivity contribution in [2.24, 2.45) is 5.92 Å². The van der Waals surface area contributed by atoms with Gasteiger partial charge in [0, 0.05) is 6.54 Å². The van der Waals surface area contributed by atoms with Crippen LogP contribution in [0.3, 0.4) is 0 Å². The number of carbonyl (C=O) groups is 4. The Morgan fingerprint density at radius 3 is 2.48 bits per heavy atom. The number of hydrogen-bond acceptors (Lipinski definition) is 5. The van der Waals surface area contributed by atoms with E-state index in [9.17, 15) is 23.6 Å². The van der Waals surface area contributed by atoms with E-state index in [1.54, 1.807) is 0 Å². The molecule has 0 N–H and O–H groups in total. The SMILES string of the molecule is COC(=O)[C@H](CN1C(=O)c2cccc(F)c2C1=O)C(C)=O. The topological polar surface area (TPSA) is 80.8 Å². The Hall–Kier alpha value is -2.57. The lowest BCUT2D eigenvalue weighted by Gasteiger charge is -2.18. The fourth-order valence-electron chi connectivity index (χ4n) is 2.15. The summed E-state index contributed by atoms with van der Waals surface area (Å²) < 4.78 is 18.1. The zero-order valence-corrected chi connectivity index (χ0v) is 11.4. The molecule has 110 valence electrons. The Morgan fingerprint density at radius 1 is 1.29 bits per heavy atom. The third-order valence-electron chi connectivity index (χ3n) is 3.29. The van der Waals surface area contributed by atoms with Crippen LogP contribution in [0.25, 0.3) is 0 Å². The number of esters is 1. The minimum Gasteiger partial charge on any atom is -0.468 e. The molecule has 0 saturated heterocycles. The van der Waals surface area contributed by atoms with E-state index in [0.717, 1.165) is 20.1 Å². The summed E-state index contributed by atoms with van der Waals surface area (Å²) in [5, 5.41) is 0. The minimum atomic E-state index is -1.28. The van der Waals surface area contributed by atoms with E-state index < -0.39 is 41.8 Å². The van der Waals surface area contributed by atoms with E-state index in [1.165, 1.54) is 12.1 Å². The van der Waals surface area contributed by atoms with Gasteiger partial charge in [-0.1, -0.05) is 6.07 Å². The van der Waals surface area contributed by atoms with Gasteiger partial charge in [0.15, 0.2) is 0 Å². The normalized spacial score (nSPS) is 14.9. The van der Waals surface area contributed by atoms with Gasteiger partial charge in [0.25, 0.3) is 11.8 Å². The predicted molar refractivity (Wildman–Crippen MR) is 68.0 cm³/mol. The number of rotatable bonds is 4. The van der Waals surface area contributed by atoms with Gasteiger partial charge in [0.1, 0.15) is 17.5 Å². The maximum atomic E-state index is 13.7. The Labute approximate surface area is 119 Å². The highest BCUT2D eigenvalue weighted by atomic mass is 19.1. The van der Waals surface area contributed by atoms with Gasteiger partial charge in [-0.3, -0.25) is 24.1 Å². The maximum Gasteiger partial charge on any atom is 0.318 e. The second-order valence-corrected chi connectivity index (χ2v) is 4.57. The third kappa shape index (κ3) is 2.42. The Balaban J connectivity index is 2.34. The molecule has 0 fully saturated rings. The first kappa shape index (κ1) is 14.8. The second-order valence-electron chi connectivity index (χ2n) is 4.57. The molecule has 6 nitrogen and oxygen atoms in total. The summed E-state index contributed by atoms with van der Waals surface area (Å²) in [7, 11) is 1.10. The fraction of sp³-hybridized carbons (Fsp3) is 0.286. The van der Waals surface area contributed by atoms with E-state index in [1.807, 2.05) is 0 Å². The molecule has 21 heavy (non-hydrogen) atoms. The van der Waals surface area contributed by atoms with Gasteiger partial charge >= 0.3 is 5.97 Å². The molecule has 1 aliphatic rings. The molecule has 0 bridgehead atoms. The van der Waals surface area contributed by atoms with Gasteiger partial charge in [-0.05, 0) is 19.1 Å². The van der Waals surface area contributed by atoms with Crippen molar-refractivity contribution >= 4 is 23.6 Å². The van der Waals surface area contributed by atoms with Gasteiger partial charge in [0.2, 0.25) is 0 Å². The number of ether oxygens (including phenoxy) is 1. The highest BCUT2D eigenvalue weighted by Gasteiger charge is 2.41. The Morgan fingerprint density at radius 2 is 1.95 bits per heavy atom. The van der Waals surface area contributed by atoms with E-state index in [2.05, 4.69) is 4.74 Å². The lowest BCUT2D eigenvalue weighted by Crippen LogP contribution is -2.40. The number of imide groups is 1. The van der Waals surface area contributed by atoms with Crippen LogP contribution in [0.15, 0.2) is 18.2 Å². The van der Waals surface area contributed by atoms with Crippen LogP contribution < -0.4 is 0 Å². The van der Waals surface area contributed by atoms with E-state index >= 15 is 0 Å². The van der Waals surface area contributed by atoms with Gasteiger partial charge in [-0.15, -0.1) is 0 Å². The first-order valence-electron chi connectivity index (χ1n) is 6.11. The van der Waals surface area contributed by atoms with Gasteiger partial charge < -0.3 is 4.74 Å². The molecule has 0 aromatic heterocycles. The molecule has 0 radical (unpaired) electrons. The number of carbonyl (C=O) groups excluding carboxylic acids is 4. The number of halogens is 1. The molecular formula is C14H12FNO5. The predicted octanol–water partition coefficient (Wildman–Crippen LogP) is 0.800. The van der Waals surface area contributed by atoms with Gasteiger partial charge in [-0.2, -0.15) is 0 Å². The summed E-state index contributed by atoms with van der Waals surface area (Å²) in [6, 6.07) is 3.70. The standard InChI is InChI=1S/C14H12FNO5/c1-7(17)9(14(20)21-2)6-16-12(18)8-4-3-5-10(15)11(8)13(16)19/h3-5,9H,6H2,1-2H3/t9-/m1/s1. The number of hydrogen-bond donors (Lipinski definition) is 0. The fourth-order valence-corrected chi connectivity index (χ4v) is 2.15. The number of amides is 2. The quantitative estimate of drug-likeness (QED) is 0.466. The Bertz CT molecular complexity index is 655. The largest absolute Gasteiger partial charge is 0.468 e. The van der Waals surface area contributed by atoms with Crippen molar-refractivity contribution in [3.05, 3.63) is 35.1 Å². The van der Waals surface area contributed by atoms with Crippen LogP contribution in [-0.4, -0.2) is 42.1 Å². The molecular weight excluding hydrogens is 281 g/mol. The Kier molecular flexibility index (Phi) is 3.84. The van der Waals surface area contributed by atoms with Crippen molar-refractivity contribution < 1.29 is 28.3 Å². The molecule has 1 aromatic carbocycles. The summed E-state index contributed by atoms with van der Waals surface area (Å²) in [6.07, 6.45) is 0. The zero-order chi connectivity index (χ0) is 15.7. The first-order valence-corrected chi connectivity index (χ1v) is 6.11. The number of Topliss-reactive ketones (excluding diaryl/α,β-unsaturated/α-hetero) is 1. The molecule has 0 saturated carbocycles. The molecule has 0 unspecified atom stereocenters. The molecule has 1 atom stereocenters. The second kappa shape index (κ2) is 5.43. The van der Waals surface area contributed by atoms with Gasteiger partial charge in [0.05, 0.1) is 18.2 Å². The van der Waals surface area contributed by atoms with Crippen LogP contribution in [0.5, 0.6) is 0 Å². The lowest BCUT2D eigenvalue weighted by molar-refractivity contribution is -0.149. The highest BCUT2D eigenvalue weighted by molar-refractivity contribution is 6.21. The molecule has 0 spiro atoms. The number of methoxy groups -OCH3 is 1. The van der Waals surface area contributed by atoms with E-state index in [-0.39, 0.29) is 11.1 Å². The summed E-state index contributed by atoms with van der Waals surface area (Å²) in [6.45, 7) is 0.689. The van der Waals surface area contributed by atoms with Crippen LogP contribution in [0, 0.1) is 11.7 Å². The van der Waals surface area contributed by atoms with Crippen LogP contribution >= 0.6 is 0 Å². The van der Waals surface area contributed by atoms with Crippen LogP contribution in [0.1, 0.15) is 27.6 Å². The van der Waals surface area contributed by atoms with Crippen molar-refractivity contribution in [2.75, 3.05) is 13.7 Å². The number of benzene rings is 1. The summed E-state index contributed by atoms with van der Waals surface area (Å²) in [4.78, 5) is 47.9. The van der Waals surface area contributed by atoms with E-state index in [4.69, 9.17) is 0 Å². The average Bonchev–Trinajstić information content (AvgIpc) is 2.68. The molecule has 7 heteroatoms. The average molecular weight is 293 g/mol. The lowest BCUT2D eigenvalue weighted by atomic mass is 10.1. The van der Waals surface area contributed by atoms with Crippen LogP contribution in [0.4, 0.5) is 4.39 Å². The molecule has 1 heterocycles. The van der Waals surface area contributed by atoms with Crippen molar-refractivity contribution in [3.8, 4) is 0 Å². The molecule has 0 aliphatic carbocycles. The van der Waals surface area contributed by atoms with Crippen molar-refractivity contribution in [1.29, 1.82) is 0 Å². The number of ketones is 1. The smallest absolute Gasteiger partial charge is 0.318 e. The molecule has 1 aromatic rings. The van der Waals surface area contributed by atoms with E-state index in [0.29, 0.717) is 4.90 Å². The van der Waals surface area contributed by atoms with Gasteiger partial charge in [-0.25, -0.2) is 4.39 Å². The highest BCUT2D eigenvalue weighted by Crippen LogP contribution is 2.26. The maximum absolute atomic E-state index is 13.7. The first-order chi connectivity index (χ1) is 9.88. The van der Waals surface area contributed by atoms with Crippen molar-refractivity contribution in [2.45, 2.75) is 6.92 Å². The van der Waals surface area contributed by atoms with Crippen molar-refractivity contribution in [3.63, 3.8) is 0 Å². The molecule has 1 aliphatic heterocycles. The molecule has 2 amide bonds. The summed E-state index contributed by atoms with van der Waals surface area (Å²) in [5.74, 6) is -5.07. The third-order valence-corrected chi connectivity index (χ3v) is 3.29. The van der Waals surface area contributed by atoms with Crippen molar-refractivity contribution in [1.82, 2.24) is 4.90 Å². The summed E-state index contributed by atoms with van der Waals surface area (Å²) >= 11 is 0. The van der Waals surface area contributed by atoms with Crippen LogP contribution in [-0.2, 0) is 14.3 Å². The zero-order valence-electron chi connectivity index (χ0n) is 11.4. The van der Waals surface area contributed by atoms with Crippen LogP contribution in [0.2, 0.25) is 0 Å². The monoisotopic (exact) mass is 293 g/mol. The summed E-state index contributed by atoms with van der Waals surface area (Å²) in [5.41, 5.74) is -0.415.